The van der Waals surface area contributed by atoms with Crippen LogP contribution in [0.4, 0.5) is 8.78 Å². The Kier molecular flexibility index (Phi) is 6.05. The molecule has 0 aromatic heterocycles. The van der Waals surface area contributed by atoms with Gasteiger partial charge < -0.3 is 14.7 Å². The van der Waals surface area contributed by atoms with Gasteiger partial charge in [0.2, 0.25) is 5.91 Å². The van der Waals surface area contributed by atoms with Crippen LogP contribution in [-0.2, 0) is 20.7 Å². The molecule has 7 heteroatoms. The van der Waals surface area contributed by atoms with Gasteiger partial charge in [0, 0.05) is 13.7 Å². The van der Waals surface area contributed by atoms with E-state index < -0.39 is 30.1 Å². The quantitative estimate of drug-likeness (QED) is 0.814. The molecule has 5 nitrogen and oxygen atoms in total. The van der Waals surface area contributed by atoms with Crippen molar-refractivity contribution in [2.75, 3.05) is 26.8 Å². The number of benzene rings is 1. The van der Waals surface area contributed by atoms with Gasteiger partial charge in [-0.3, -0.25) is 9.59 Å². The predicted octanol–water partition coefficient (Wildman–Crippen LogP) is 1.07. The van der Waals surface area contributed by atoms with Crippen LogP contribution in [0.1, 0.15) is 5.56 Å². The van der Waals surface area contributed by atoms with Crippen molar-refractivity contribution < 1.29 is 28.2 Å². The van der Waals surface area contributed by atoms with E-state index in [0.717, 1.165) is 17.0 Å². The van der Waals surface area contributed by atoms with Gasteiger partial charge in [-0.25, -0.2) is 8.78 Å². The molecule has 0 saturated carbocycles. The summed E-state index contributed by atoms with van der Waals surface area (Å²) in [5.41, 5.74) is 0.279. The molecule has 0 atom stereocenters. The van der Waals surface area contributed by atoms with E-state index in [1.807, 2.05) is 0 Å². The number of carboxylic acids is 1. The summed E-state index contributed by atoms with van der Waals surface area (Å²) in [6.07, 6.45) is -0.200. The molecule has 0 bridgehead atoms. The molecule has 110 valence electrons. The minimum Gasteiger partial charge on any atom is -0.480 e. The molecule has 1 N–H and O–H groups in total. The number of nitrogens with zero attached hydrogens (tertiary/aromatic N) is 1. The second kappa shape index (κ2) is 7.54. The minimum absolute atomic E-state index is 0.116. The molecule has 20 heavy (non-hydrogen) atoms. The highest BCUT2D eigenvalue weighted by Gasteiger charge is 2.17. The maximum atomic E-state index is 13.0. The summed E-state index contributed by atoms with van der Waals surface area (Å²) in [6, 6.07) is 3.13. The number of methoxy groups -OCH3 is 1. The Morgan fingerprint density at radius 2 is 2.00 bits per heavy atom. The van der Waals surface area contributed by atoms with Crippen LogP contribution in [0, 0.1) is 11.6 Å². The zero-order valence-corrected chi connectivity index (χ0v) is 10.9. The summed E-state index contributed by atoms with van der Waals surface area (Å²) in [7, 11) is 1.43. The van der Waals surface area contributed by atoms with E-state index in [-0.39, 0.29) is 25.1 Å². The Hall–Kier alpha value is -2.02. The highest BCUT2D eigenvalue weighted by atomic mass is 19.2. The zero-order valence-electron chi connectivity index (χ0n) is 10.9. The second-order valence-electron chi connectivity index (χ2n) is 4.13. The first-order valence-corrected chi connectivity index (χ1v) is 5.86. The molecule has 0 heterocycles. The molecule has 1 rings (SSSR count). The molecule has 1 amide bonds. The molecule has 0 spiro atoms. The lowest BCUT2D eigenvalue weighted by atomic mass is 10.1. The molecule has 1 aromatic rings. The molecule has 0 unspecified atom stereocenters. The van der Waals surface area contributed by atoms with E-state index in [2.05, 4.69) is 0 Å². The van der Waals surface area contributed by atoms with Crippen LogP contribution in [0.2, 0.25) is 0 Å². The first kappa shape index (κ1) is 16.0. The summed E-state index contributed by atoms with van der Waals surface area (Å²) in [5.74, 6) is -3.69. The van der Waals surface area contributed by atoms with Gasteiger partial charge in [-0.15, -0.1) is 0 Å². The number of carbonyl (C=O) groups excluding carboxylic acids is 1. The van der Waals surface area contributed by atoms with Crippen molar-refractivity contribution in [1.82, 2.24) is 4.90 Å². The van der Waals surface area contributed by atoms with Gasteiger partial charge in [-0.1, -0.05) is 6.07 Å². The van der Waals surface area contributed by atoms with E-state index in [9.17, 15) is 18.4 Å². The Morgan fingerprint density at radius 1 is 1.30 bits per heavy atom. The first-order valence-electron chi connectivity index (χ1n) is 5.86. The average Bonchev–Trinajstić information content (AvgIpc) is 2.38. The van der Waals surface area contributed by atoms with Crippen molar-refractivity contribution in [2.24, 2.45) is 0 Å². The molecule has 0 fully saturated rings. The molecule has 0 aliphatic rings. The third-order valence-corrected chi connectivity index (χ3v) is 2.58. The summed E-state index contributed by atoms with van der Waals surface area (Å²) in [5, 5.41) is 8.73. The number of rotatable bonds is 7. The van der Waals surface area contributed by atoms with Gasteiger partial charge in [0.25, 0.3) is 0 Å². The fourth-order valence-corrected chi connectivity index (χ4v) is 1.59. The zero-order chi connectivity index (χ0) is 15.1. The van der Waals surface area contributed by atoms with E-state index in [1.54, 1.807) is 0 Å². The van der Waals surface area contributed by atoms with Crippen LogP contribution in [0.3, 0.4) is 0 Å². The lowest BCUT2D eigenvalue weighted by molar-refractivity contribution is -0.144. The number of carbonyl (C=O) groups is 2. The average molecular weight is 287 g/mol. The third-order valence-electron chi connectivity index (χ3n) is 2.58. The van der Waals surface area contributed by atoms with Crippen LogP contribution in [0.15, 0.2) is 18.2 Å². The normalized spacial score (nSPS) is 10.3. The van der Waals surface area contributed by atoms with Crippen LogP contribution < -0.4 is 0 Å². The Balaban J connectivity index is 2.73. The lowest BCUT2D eigenvalue weighted by Crippen LogP contribution is -2.38. The summed E-state index contributed by atoms with van der Waals surface area (Å²) < 4.78 is 30.6. The number of ether oxygens (including phenoxy) is 1. The molecular formula is C13H15F2NO4. The number of hydrogen-bond acceptors (Lipinski definition) is 3. The Labute approximate surface area is 114 Å². The molecule has 0 radical (unpaired) electrons. The monoisotopic (exact) mass is 287 g/mol. The summed E-state index contributed by atoms with van der Waals surface area (Å²) in [6.45, 7) is -0.159. The number of carboxylic acid groups (broad SMARTS) is 1. The van der Waals surface area contributed by atoms with Crippen LogP contribution in [0.25, 0.3) is 0 Å². The van der Waals surface area contributed by atoms with Crippen LogP contribution in [0.5, 0.6) is 0 Å². The minimum atomic E-state index is -1.15. The largest absolute Gasteiger partial charge is 0.480 e. The van der Waals surface area contributed by atoms with Crippen molar-refractivity contribution in [3.05, 3.63) is 35.4 Å². The van der Waals surface area contributed by atoms with Crippen molar-refractivity contribution in [1.29, 1.82) is 0 Å². The highest BCUT2D eigenvalue weighted by Crippen LogP contribution is 2.10. The van der Waals surface area contributed by atoms with Crippen molar-refractivity contribution in [3.8, 4) is 0 Å². The Morgan fingerprint density at radius 3 is 2.55 bits per heavy atom. The number of hydrogen-bond donors (Lipinski definition) is 1. The molecular weight excluding hydrogens is 272 g/mol. The van der Waals surface area contributed by atoms with Gasteiger partial charge in [-0.05, 0) is 17.7 Å². The third kappa shape index (κ3) is 4.93. The maximum Gasteiger partial charge on any atom is 0.323 e. The summed E-state index contributed by atoms with van der Waals surface area (Å²) in [4.78, 5) is 23.7. The molecule has 0 aliphatic heterocycles. The fraction of sp³-hybridized carbons (Fsp3) is 0.385. The summed E-state index contributed by atoms with van der Waals surface area (Å²) >= 11 is 0. The molecule has 0 aliphatic carbocycles. The van der Waals surface area contributed by atoms with Crippen LogP contribution in [-0.4, -0.2) is 48.7 Å². The van der Waals surface area contributed by atoms with Gasteiger partial charge in [0.1, 0.15) is 6.54 Å². The first-order chi connectivity index (χ1) is 9.43. The SMILES string of the molecule is COCCN(CC(=O)O)C(=O)Cc1ccc(F)c(F)c1. The fourth-order valence-electron chi connectivity index (χ4n) is 1.59. The lowest BCUT2D eigenvalue weighted by Gasteiger charge is -2.20. The smallest absolute Gasteiger partial charge is 0.323 e. The van der Waals surface area contributed by atoms with E-state index in [4.69, 9.17) is 9.84 Å². The second-order valence-corrected chi connectivity index (χ2v) is 4.13. The number of aliphatic carboxylic acids is 1. The number of amides is 1. The topological polar surface area (TPSA) is 66.8 Å². The van der Waals surface area contributed by atoms with Crippen LogP contribution >= 0.6 is 0 Å². The van der Waals surface area contributed by atoms with Crippen molar-refractivity contribution in [3.63, 3.8) is 0 Å². The van der Waals surface area contributed by atoms with Crippen molar-refractivity contribution in [2.45, 2.75) is 6.42 Å². The van der Waals surface area contributed by atoms with Gasteiger partial charge in [0.15, 0.2) is 11.6 Å². The number of halogens is 2. The standard InChI is InChI=1S/C13H15F2NO4/c1-20-5-4-16(8-13(18)19)12(17)7-9-2-3-10(14)11(15)6-9/h2-3,6H,4-5,7-8H2,1H3,(H,18,19). The van der Waals surface area contributed by atoms with E-state index in [0.29, 0.717) is 0 Å². The predicted molar refractivity (Wildman–Crippen MR) is 66.2 cm³/mol. The van der Waals surface area contributed by atoms with Gasteiger partial charge in [-0.2, -0.15) is 0 Å². The molecule has 0 saturated heterocycles. The van der Waals surface area contributed by atoms with E-state index in [1.165, 1.54) is 13.2 Å². The highest BCUT2D eigenvalue weighted by molar-refractivity contribution is 5.83. The van der Waals surface area contributed by atoms with Gasteiger partial charge in [0.05, 0.1) is 13.0 Å². The Bertz CT molecular complexity index is 493. The molecule has 1 aromatic carbocycles. The van der Waals surface area contributed by atoms with E-state index >= 15 is 0 Å². The van der Waals surface area contributed by atoms with Crippen molar-refractivity contribution >= 4 is 11.9 Å². The van der Waals surface area contributed by atoms with Gasteiger partial charge >= 0.3 is 5.97 Å². The maximum absolute atomic E-state index is 13.0.